The molecule has 1 heterocycles. The van der Waals surface area contributed by atoms with Crippen LogP contribution in [0.5, 0.6) is 0 Å². The zero-order valence-corrected chi connectivity index (χ0v) is 32.8. The highest BCUT2D eigenvalue weighted by Gasteiger charge is 2.37. The summed E-state index contributed by atoms with van der Waals surface area (Å²) >= 11 is 0. The fourth-order valence-corrected chi connectivity index (χ4v) is 10.3. The van der Waals surface area contributed by atoms with Crippen molar-refractivity contribution in [3.63, 3.8) is 0 Å². The molecule has 0 aliphatic heterocycles. The van der Waals surface area contributed by atoms with Gasteiger partial charge < -0.3 is 4.57 Å². The van der Waals surface area contributed by atoms with E-state index in [0.717, 1.165) is 21.9 Å². The average molecular weight is 756 g/mol. The zero-order valence-electron chi connectivity index (χ0n) is 32.8. The number of aromatic nitrogens is 1. The predicted octanol–water partition coefficient (Wildman–Crippen LogP) is 15.7. The Morgan fingerprint density at radius 3 is 1.61 bits per heavy atom. The lowest BCUT2D eigenvalue weighted by Gasteiger charge is -2.22. The monoisotopic (exact) mass is 755 g/mol. The highest BCUT2D eigenvalue weighted by Crippen LogP contribution is 2.53. The molecule has 10 aromatic carbocycles. The predicted molar refractivity (Wildman–Crippen MR) is 247 cm³/mol. The van der Waals surface area contributed by atoms with Crippen molar-refractivity contribution in [2.45, 2.75) is 19.3 Å². The third-order valence-corrected chi connectivity index (χ3v) is 13.0. The maximum absolute atomic E-state index is 14.2. The van der Waals surface area contributed by atoms with E-state index in [2.05, 4.69) is 188 Å². The number of para-hydroxylation sites is 2. The summed E-state index contributed by atoms with van der Waals surface area (Å²) in [6.07, 6.45) is 0. The van der Waals surface area contributed by atoms with E-state index in [1.807, 2.05) is 12.1 Å². The minimum absolute atomic E-state index is 0.165. The van der Waals surface area contributed by atoms with Crippen LogP contribution < -0.4 is 0 Å². The van der Waals surface area contributed by atoms with E-state index >= 15 is 0 Å². The molecule has 0 N–H and O–H groups in total. The Hall–Kier alpha value is -7.29. The van der Waals surface area contributed by atoms with Gasteiger partial charge in [-0.1, -0.05) is 147 Å². The van der Waals surface area contributed by atoms with Crippen LogP contribution in [0.15, 0.2) is 194 Å². The molecule has 0 atom stereocenters. The molecule has 0 radical (unpaired) electrons. The number of hydrogen-bond acceptors (Lipinski definition) is 0. The van der Waals surface area contributed by atoms with Crippen LogP contribution in [0.25, 0.3) is 104 Å². The number of halogens is 1. The highest BCUT2D eigenvalue weighted by atomic mass is 19.1. The second kappa shape index (κ2) is 12.6. The maximum atomic E-state index is 14.2. The summed E-state index contributed by atoms with van der Waals surface area (Å²) in [5, 5.41) is 9.64. The Labute approximate surface area is 342 Å². The van der Waals surface area contributed by atoms with Crippen LogP contribution in [-0.2, 0) is 5.41 Å². The van der Waals surface area contributed by atoms with E-state index in [1.165, 1.54) is 93.5 Å². The van der Waals surface area contributed by atoms with Crippen molar-refractivity contribution in [2.24, 2.45) is 0 Å². The van der Waals surface area contributed by atoms with E-state index < -0.39 is 0 Å². The molecule has 0 spiro atoms. The summed E-state index contributed by atoms with van der Waals surface area (Å²) in [6, 6.07) is 69.5. The second-order valence-electron chi connectivity index (χ2n) is 16.6. The highest BCUT2D eigenvalue weighted by molar-refractivity contribution is 6.22. The van der Waals surface area contributed by atoms with Gasteiger partial charge in [-0.05, 0) is 149 Å². The molecule has 0 bridgehead atoms. The molecule has 0 fully saturated rings. The van der Waals surface area contributed by atoms with Gasteiger partial charge in [0.1, 0.15) is 5.82 Å². The van der Waals surface area contributed by atoms with Gasteiger partial charge in [0.15, 0.2) is 0 Å². The molecule has 0 unspecified atom stereocenters. The fourth-order valence-electron chi connectivity index (χ4n) is 10.3. The molecule has 1 aliphatic rings. The van der Waals surface area contributed by atoms with E-state index in [9.17, 15) is 4.39 Å². The summed E-state index contributed by atoms with van der Waals surface area (Å²) in [5.74, 6) is -0.232. The lowest BCUT2D eigenvalue weighted by molar-refractivity contribution is 0.628. The number of rotatable bonds is 4. The van der Waals surface area contributed by atoms with Gasteiger partial charge in [-0.15, -0.1) is 0 Å². The van der Waals surface area contributed by atoms with Crippen molar-refractivity contribution in [2.75, 3.05) is 0 Å². The summed E-state index contributed by atoms with van der Waals surface area (Å²) in [6.45, 7) is 4.75. The quantitative estimate of drug-likeness (QED) is 0.158. The first-order valence-electron chi connectivity index (χ1n) is 20.4. The zero-order chi connectivity index (χ0) is 39.4. The van der Waals surface area contributed by atoms with E-state index in [0.29, 0.717) is 0 Å². The molecule has 1 aromatic heterocycles. The molecule has 0 saturated heterocycles. The standard InChI is InChI=1S/C57H38FN/c1-57(2)51-29-26-37(31-48(51)49-34-54-50(33-52(49)57)42-18-12-13-23-53(42)59(54)40-15-4-3-5-16-40)47-32-38(30-36-14-6-7-17-41(36)47)56-45-21-10-8-19-43(45)55(35-24-27-39(58)28-25-35)44-20-9-11-22-46(44)56/h3-34H,1-2H3. The van der Waals surface area contributed by atoms with Crippen LogP contribution in [0, 0.1) is 5.82 Å². The molecule has 1 aliphatic carbocycles. The first-order valence-corrected chi connectivity index (χ1v) is 20.4. The van der Waals surface area contributed by atoms with Crippen LogP contribution >= 0.6 is 0 Å². The first kappa shape index (κ1) is 33.8. The molecular weight excluding hydrogens is 718 g/mol. The molecular formula is C57H38FN. The first-order chi connectivity index (χ1) is 28.9. The Morgan fingerprint density at radius 1 is 0.373 bits per heavy atom. The van der Waals surface area contributed by atoms with E-state index in [-0.39, 0.29) is 11.2 Å². The fraction of sp³-hybridized carbons (Fsp3) is 0.0526. The van der Waals surface area contributed by atoms with Gasteiger partial charge >= 0.3 is 0 Å². The van der Waals surface area contributed by atoms with E-state index in [1.54, 1.807) is 12.1 Å². The van der Waals surface area contributed by atoms with Crippen LogP contribution in [0.2, 0.25) is 0 Å². The number of hydrogen-bond donors (Lipinski definition) is 0. The van der Waals surface area contributed by atoms with Crippen molar-refractivity contribution in [3.05, 3.63) is 211 Å². The van der Waals surface area contributed by atoms with Crippen molar-refractivity contribution in [1.29, 1.82) is 0 Å². The Kier molecular flexibility index (Phi) is 7.22. The van der Waals surface area contributed by atoms with Gasteiger partial charge in [0, 0.05) is 21.9 Å². The lowest BCUT2D eigenvalue weighted by atomic mass is 9.81. The average Bonchev–Trinajstić information content (AvgIpc) is 3.72. The van der Waals surface area contributed by atoms with Gasteiger partial charge in [0.05, 0.1) is 11.0 Å². The summed E-state index contributed by atoms with van der Waals surface area (Å²) < 4.78 is 16.6. The molecule has 1 nitrogen and oxygen atoms in total. The smallest absolute Gasteiger partial charge is 0.123 e. The Bertz CT molecular complexity index is 3460. The van der Waals surface area contributed by atoms with Crippen molar-refractivity contribution >= 4 is 54.1 Å². The third kappa shape index (κ3) is 4.96. The van der Waals surface area contributed by atoms with Crippen LogP contribution in [-0.4, -0.2) is 4.57 Å². The number of benzene rings is 10. The van der Waals surface area contributed by atoms with Gasteiger partial charge in [0.25, 0.3) is 0 Å². The molecule has 278 valence electrons. The van der Waals surface area contributed by atoms with Crippen molar-refractivity contribution in [1.82, 2.24) is 4.57 Å². The van der Waals surface area contributed by atoms with Crippen molar-refractivity contribution < 1.29 is 4.39 Å². The Morgan fingerprint density at radius 2 is 0.915 bits per heavy atom. The summed E-state index contributed by atoms with van der Waals surface area (Å²) in [5.41, 5.74) is 15.7. The molecule has 11 aromatic rings. The summed E-state index contributed by atoms with van der Waals surface area (Å²) in [7, 11) is 0. The van der Waals surface area contributed by atoms with Crippen LogP contribution in [0.4, 0.5) is 4.39 Å². The number of fused-ring (bicyclic) bond motifs is 9. The molecule has 59 heavy (non-hydrogen) atoms. The van der Waals surface area contributed by atoms with Crippen LogP contribution in [0.1, 0.15) is 25.0 Å². The van der Waals surface area contributed by atoms with Gasteiger partial charge in [0.2, 0.25) is 0 Å². The molecule has 0 saturated carbocycles. The van der Waals surface area contributed by atoms with E-state index in [4.69, 9.17) is 0 Å². The van der Waals surface area contributed by atoms with Gasteiger partial charge in [-0.3, -0.25) is 0 Å². The minimum Gasteiger partial charge on any atom is -0.309 e. The number of nitrogens with zero attached hydrogens (tertiary/aromatic N) is 1. The summed E-state index contributed by atoms with van der Waals surface area (Å²) in [4.78, 5) is 0. The maximum Gasteiger partial charge on any atom is 0.123 e. The van der Waals surface area contributed by atoms with Crippen LogP contribution in [0.3, 0.4) is 0 Å². The lowest BCUT2D eigenvalue weighted by Crippen LogP contribution is -2.14. The third-order valence-electron chi connectivity index (χ3n) is 13.0. The van der Waals surface area contributed by atoms with Gasteiger partial charge in [-0.2, -0.15) is 0 Å². The topological polar surface area (TPSA) is 4.93 Å². The molecule has 12 rings (SSSR count). The molecule has 2 heteroatoms. The minimum atomic E-state index is -0.232. The second-order valence-corrected chi connectivity index (χ2v) is 16.6. The Balaban J connectivity index is 1.10. The largest absolute Gasteiger partial charge is 0.309 e. The normalized spacial score (nSPS) is 13.1. The van der Waals surface area contributed by atoms with Gasteiger partial charge in [-0.25, -0.2) is 4.39 Å². The molecule has 0 amide bonds. The SMILES string of the molecule is CC1(C)c2ccc(-c3cc(-c4c5ccccc5c(-c5ccc(F)cc5)c5ccccc45)cc4ccccc34)cc2-c2cc3c(cc21)c1ccccc1n3-c1ccccc1. The van der Waals surface area contributed by atoms with Crippen molar-refractivity contribution in [3.8, 4) is 50.2 Å².